The lowest BCUT2D eigenvalue weighted by atomic mass is 10.0. The third-order valence-electron chi connectivity index (χ3n) is 3.90. The lowest BCUT2D eigenvalue weighted by molar-refractivity contribution is 0.171. The minimum Gasteiger partial charge on any atom is -0.387 e. The molecule has 1 unspecified atom stereocenters. The lowest BCUT2D eigenvalue weighted by Crippen LogP contribution is -2.28. The van der Waals surface area contributed by atoms with Crippen molar-refractivity contribution in [3.05, 3.63) is 35.4 Å². The standard InChI is InChI=1S/C15H21F2NO/c1-2-5-15(6-7-15)10-18-9-14(19)11-3-4-12(16)13(17)8-11/h3-4,8,14,18-19H,2,5-7,9-10H2,1H3. The molecule has 0 radical (unpaired) electrons. The Bertz CT molecular complexity index is 432. The minimum absolute atomic E-state index is 0.372. The number of rotatable bonds is 7. The Morgan fingerprint density at radius 2 is 2.05 bits per heavy atom. The number of hydrogen-bond donors (Lipinski definition) is 2. The normalized spacial score (nSPS) is 18.3. The van der Waals surface area contributed by atoms with Gasteiger partial charge >= 0.3 is 0 Å². The molecule has 1 aliphatic rings. The number of aliphatic hydroxyl groups excluding tert-OH is 1. The van der Waals surface area contributed by atoms with Gasteiger partial charge in [-0.15, -0.1) is 0 Å². The van der Waals surface area contributed by atoms with E-state index >= 15 is 0 Å². The van der Waals surface area contributed by atoms with Crippen LogP contribution < -0.4 is 5.32 Å². The number of nitrogens with one attached hydrogen (secondary N) is 1. The number of halogens is 2. The third kappa shape index (κ3) is 3.74. The van der Waals surface area contributed by atoms with Crippen molar-refractivity contribution >= 4 is 0 Å². The van der Waals surface area contributed by atoms with Crippen LogP contribution in [0, 0.1) is 17.0 Å². The van der Waals surface area contributed by atoms with Gasteiger partial charge in [0.15, 0.2) is 11.6 Å². The number of benzene rings is 1. The second-order valence-electron chi connectivity index (χ2n) is 5.57. The summed E-state index contributed by atoms with van der Waals surface area (Å²) in [7, 11) is 0. The minimum atomic E-state index is -0.916. The number of hydrogen-bond acceptors (Lipinski definition) is 2. The van der Waals surface area contributed by atoms with E-state index in [2.05, 4.69) is 12.2 Å². The summed E-state index contributed by atoms with van der Waals surface area (Å²) in [5, 5.41) is 13.2. The maximum atomic E-state index is 13.1. The fraction of sp³-hybridized carbons (Fsp3) is 0.600. The monoisotopic (exact) mass is 269 g/mol. The molecule has 0 saturated heterocycles. The summed E-state index contributed by atoms with van der Waals surface area (Å²) in [5.41, 5.74) is 0.828. The lowest BCUT2D eigenvalue weighted by Gasteiger charge is -2.17. The summed E-state index contributed by atoms with van der Waals surface area (Å²) in [6.07, 6.45) is 4.08. The zero-order valence-electron chi connectivity index (χ0n) is 11.3. The Labute approximate surface area is 112 Å². The van der Waals surface area contributed by atoms with Crippen LogP contribution in [0.4, 0.5) is 8.78 Å². The molecule has 0 spiro atoms. The van der Waals surface area contributed by atoms with Gasteiger partial charge in [0.2, 0.25) is 0 Å². The van der Waals surface area contributed by atoms with Gasteiger partial charge in [-0.05, 0) is 42.4 Å². The molecule has 1 aromatic carbocycles. The molecule has 1 fully saturated rings. The van der Waals surface area contributed by atoms with Crippen molar-refractivity contribution in [1.29, 1.82) is 0 Å². The van der Waals surface area contributed by atoms with Gasteiger partial charge in [-0.2, -0.15) is 0 Å². The van der Waals surface area contributed by atoms with E-state index in [9.17, 15) is 13.9 Å². The first kappa shape index (κ1) is 14.4. The fourth-order valence-corrected chi connectivity index (χ4v) is 2.53. The molecule has 0 amide bonds. The molecule has 1 saturated carbocycles. The van der Waals surface area contributed by atoms with Crippen molar-refractivity contribution in [1.82, 2.24) is 5.32 Å². The van der Waals surface area contributed by atoms with Crippen LogP contribution in [0.5, 0.6) is 0 Å². The predicted octanol–water partition coefficient (Wildman–Crippen LogP) is 3.17. The first-order valence-electron chi connectivity index (χ1n) is 6.90. The Kier molecular flexibility index (Phi) is 4.53. The van der Waals surface area contributed by atoms with Gasteiger partial charge in [0.05, 0.1) is 6.10 Å². The molecule has 0 heterocycles. The SMILES string of the molecule is CCCC1(CNCC(O)c2ccc(F)c(F)c2)CC1. The van der Waals surface area contributed by atoms with Crippen LogP contribution in [0.25, 0.3) is 0 Å². The highest BCUT2D eigenvalue weighted by Gasteiger charge is 2.40. The molecule has 1 aliphatic carbocycles. The van der Waals surface area contributed by atoms with Gasteiger partial charge in [0.25, 0.3) is 0 Å². The largest absolute Gasteiger partial charge is 0.387 e. The highest BCUT2D eigenvalue weighted by molar-refractivity contribution is 5.20. The molecule has 0 aliphatic heterocycles. The zero-order valence-corrected chi connectivity index (χ0v) is 11.3. The molecule has 106 valence electrons. The highest BCUT2D eigenvalue weighted by Crippen LogP contribution is 2.48. The molecule has 19 heavy (non-hydrogen) atoms. The van der Waals surface area contributed by atoms with Crippen molar-refractivity contribution in [2.45, 2.75) is 38.7 Å². The van der Waals surface area contributed by atoms with Gasteiger partial charge in [0, 0.05) is 13.1 Å². The molecule has 1 atom stereocenters. The zero-order chi connectivity index (χ0) is 13.9. The van der Waals surface area contributed by atoms with Crippen molar-refractivity contribution in [2.75, 3.05) is 13.1 Å². The Morgan fingerprint density at radius 3 is 2.63 bits per heavy atom. The van der Waals surface area contributed by atoms with Crippen LogP contribution in [-0.4, -0.2) is 18.2 Å². The molecule has 0 bridgehead atoms. The molecular weight excluding hydrogens is 248 g/mol. The Balaban J connectivity index is 1.81. The van der Waals surface area contributed by atoms with Gasteiger partial charge < -0.3 is 10.4 Å². The highest BCUT2D eigenvalue weighted by atomic mass is 19.2. The van der Waals surface area contributed by atoms with E-state index in [0.29, 0.717) is 17.5 Å². The molecule has 0 aromatic heterocycles. The van der Waals surface area contributed by atoms with Crippen LogP contribution in [-0.2, 0) is 0 Å². The van der Waals surface area contributed by atoms with Crippen LogP contribution in [0.15, 0.2) is 18.2 Å². The van der Waals surface area contributed by atoms with E-state index in [1.165, 1.54) is 31.7 Å². The third-order valence-corrected chi connectivity index (χ3v) is 3.90. The van der Waals surface area contributed by atoms with E-state index in [1.54, 1.807) is 0 Å². The van der Waals surface area contributed by atoms with Crippen LogP contribution in [0.2, 0.25) is 0 Å². The first-order valence-corrected chi connectivity index (χ1v) is 6.90. The molecular formula is C15H21F2NO. The molecule has 2 rings (SSSR count). The van der Waals surface area contributed by atoms with Crippen molar-refractivity contribution in [2.24, 2.45) is 5.41 Å². The summed E-state index contributed by atoms with van der Waals surface area (Å²) < 4.78 is 25.8. The Morgan fingerprint density at radius 1 is 1.32 bits per heavy atom. The molecule has 2 nitrogen and oxygen atoms in total. The quantitative estimate of drug-likeness (QED) is 0.797. The summed E-state index contributed by atoms with van der Waals surface area (Å²) in [6.45, 7) is 3.44. The molecule has 2 N–H and O–H groups in total. The van der Waals surface area contributed by atoms with Crippen LogP contribution >= 0.6 is 0 Å². The van der Waals surface area contributed by atoms with E-state index < -0.39 is 17.7 Å². The van der Waals surface area contributed by atoms with Gasteiger partial charge in [-0.25, -0.2) is 8.78 Å². The van der Waals surface area contributed by atoms with E-state index in [4.69, 9.17) is 0 Å². The summed E-state index contributed by atoms with van der Waals surface area (Å²) in [4.78, 5) is 0. The van der Waals surface area contributed by atoms with E-state index in [-0.39, 0.29) is 0 Å². The molecule has 4 heteroatoms. The summed E-state index contributed by atoms with van der Waals surface area (Å²) in [6, 6.07) is 3.53. The van der Waals surface area contributed by atoms with Gasteiger partial charge in [-0.1, -0.05) is 19.4 Å². The maximum Gasteiger partial charge on any atom is 0.159 e. The van der Waals surface area contributed by atoms with Gasteiger partial charge in [0.1, 0.15) is 0 Å². The smallest absolute Gasteiger partial charge is 0.159 e. The van der Waals surface area contributed by atoms with Crippen LogP contribution in [0.1, 0.15) is 44.3 Å². The predicted molar refractivity (Wildman–Crippen MR) is 70.8 cm³/mol. The fourth-order valence-electron chi connectivity index (χ4n) is 2.53. The summed E-state index contributed by atoms with van der Waals surface area (Å²) in [5.74, 6) is -1.80. The Hall–Kier alpha value is -1.00. The van der Waals surface area contributed by atoms with E-state index in [1.807, 2.05) is 0 Å². The second-order valence-corrected chi connectivity index (χ2v) is 5.57. The van der Waals surface area contributed by atoms with Crippen molar-refractivity contribution in [3.8, 4) is 0 Å². The van der Waals surface area contributed by atoms with Gasteiger partial charge in [-0.3, -0.25) is 0 Å². The average molecular weight is 269 g/mol. The van der Waals surface area contributed by atoms with Crippen molar-refractivity contribution in [3.63, 3.8) is 0 Å². The second kappa shape index (κ2) is 5.97. The number of aliphatic hydroxyl groups is 1. The first-order chi connectivity index (χ1) is 9.06. The van der Waals surface area contributed by atoms with Crippen LogP contribution in [0.3, 0.4) is 0 Å². The average Bonchev–Trinajstić information content (AvgIpc) is 3.13. The topological polar surface area (TPSA) is 32.3 Å². The van der Waals surface area contributed by atoms with E-state index in [0.717, 1.165) is 18.7 Å². The van der Waals surface area contributed by atoms with Crippen molar-refractivity contribution < 1.29 is 13.9 Å². The summed E-state index contributed by atoms with van der Waals surface area (Å²) >= 11 is 0. The maximum absolute atomic E-state index is 13.1. The molecule has 1 aromatic rings.